The Labute approximate surface area is 152 Å². The van der Waals surface area contributed by atoms with Gasteiger partial charge >= 0.3 is 5.97 Å². The topological polar surface area (TPSA) is 81.2 Å². The zero-order chi connectivity index (χ0) is 17.8. The molecular weight excluding hydrogens is 362 g/mol. The largest absolute Gasteiger partial charge is 0.465 e. The van der Waals surface area contributed by atoms with Crippen LogP contribution in [-0.2, 0) is 4.74 Å². The number of rotatable bonds is 4. The SMILES string of the molecule is COC(=O)c1ccccc1NC(=O)c1snnc1-c1ccc(Cl)cc1. The average molecular weight is 374 g/mol. The molecule has 0 spiro atoms. The summed E-state index contributed by atoms with van der Waals surface area (Å²) in [6.07, 6.45) is 0. The van der Waals surface area contributed by atoms with E-state index in [-0.39, 0.29) is 5.56 Å². The maximum atomic E-state index is 12.6. The zero-order valence-corrected chi connectivity index (χ0v) is 14.6. The van der Waals surface area contributed by atoms with Gasteiger partial charge in [-0.05, 0) is 35.8 Å². The molecule has 1 heterocycles. The molecule has 0 bridgehead atoms. The van der Waals surface area contributed by atoms with Crippen molar-refractivity contribution in [1.82, 2.24) is 9.59 Å². The molecule has 0 aliphatic heterocycles. The Bertz CT molecular complexity index is 925. The number of amides is 1. The Balaban J connectivity index is 1.90. The minimum absolute atomic E-state index is 0.267. The average Bonchev–Trinajstić information content (AvgIpc) is 3.12. The van der Waals surface area contributed by atoms with Gasteiger partial charge in [0.1, 0.15) is 10.6 Å². The third-order valence-corrected chi connectivity index (χ3v) is 4.37. The molecule has 3 aromatic rings. The van der Waals surface area contributed by atoms with Crippen LogP contribution in [0.15, 0.2) is 48.5 Å². The van der Waals surface area contributed by atoms with Crippen LogP contribution < -0.4 is 5.32 Å². The molecule has 8 heteroatoms. The molecule has 25 heavy (non-hydrogen) atoms. The van der Waals surface area contributed by atoms with Crippen LogP contribution in [0.3, 0.4) is 0 Å². The summed E-state index contributed by atoms with van der Waals surface area (Å²) >= 11 is 6.86. The van der Waals surface area contributed by atoms with Crippen LogP contribution in [0.1, 0.15) is 20.0 Å². The Morgan fingerprint density at radius 2 is 1.84 bits per heavy atom. The second-order valence-electron chi connectivity index (χ2n) is 4.95. The number of carbonyl (C=O) groups is 2. The van der Waals surface area contributed by atoms with Crippen LogP contribution in [0, 0.1) is 0 Å². The van der Waals surface area contributed by atoms with E-state index < -0.39 is 11.9 Å². The van der Waals surface area contributed by atoms with E-state index in [9.17, 15) is 9.59 Å². The number of anilines is 1. The highest BCUT2D eigenvalue weighted by molar-refractivity contribution is 7.08. The van der Waals surface area contributed by atoms with Crippen LogP contribution in [0.5, 0.6) is 0 Å². The standard InChI is InChI=1S/C17H12ClN3O3S/c1-24-17(23)12-4-2-3-5-13(12)19-16(22)15-14(20-21-25-15)10-6-8-11(18)9-7-10/h2-9H,1H3,(H,19,22). The van der Waals surface area contributed by atoms with E-state index in [0.717, 1.165) is 17.1 Å². The van der Waals surface area contributed by atoms with Crippen molar-refractivity contribution >= 4 is 40.7 Å². The lowest BCUT2D eigenvalue weighted by Gasteiger charge is -2.09. The number of methoxy groups -OCH3 is 1. The first-order valence-corrected chi connectivity index (χ1v) is 8.32. The lowest BCUT2D eigenvalue weighted by atomic mass is 10.1. The van der Waals surface area contributed by atoms with Gasteiger partial charge in [0.2, 0.25) is 0 Å². The number of halogens is 1. The highest BCUT2D eigenvalue weighted by atomic mass is 35.5. The molecule has 2 aromatic carbocycles. The molecule has 0 fully saturated rings. The number of nitrogens with zero attached hydrogens (tertiary/aromatic N) is 2. The first kappa shape index (κ1) is 17.1. The van der Waals surface area contributed by atoms with Gasteiger partial charge < -0.3 is 10.1 Å². The van der Waals surface area contributed by atoms with Crippen molar-refractivity contribution in [2.24, 2.45) is 0 Å². The number of hydrogen-bond acceptors (Lipinski definition) is 6. The molecular formula is C17H12ClN3O3S. The molecule has 1 aromatic heterocycles. The Morgan fingerprint density at radius 1 is 1.12 bits per heavy atom. The van der Waals surface area contributed by atoms with Gasteiger partial charge in [-0.2, -0.15) is 0 Å². The van der Waals surface area contributed by atoms with Crippen molar-refractivity contribution in [3.63, 3.8) is 0 Å². The third kappa shape index (κ3) is 3.67. The second-order valence-corrected chi connectivity index (χ2v) is 6.14. The van der Waals surface area contributed by atoms with Gasteiger partial charge in [-0.3, -0.25) is 4.79 Å². The number of carbonyl (C=O) groups excluding carboxylic acids is 2. The summed E-state index contributed by atoms with van der Waals surface area (Å²) in [5, 5.41) is 7.33. The second kappa shape index (κ2) is 7.42. The highest BCUT2D eigenvalue weighted by Gasteiger charge is 2.20. The molecule has 3 rings (SSSR count). The summed E-state index contributed by atoms with van der Waals surface area (Å²) in [6, 6.07) is 13.6. The fourth-order valence-corrected chi connectivity index (χ4v) is 2.90. The van der Waals surface area contributed by atoms with Gasteiger partial charge in [0.25, 0.3) is 5.91 Å². The van der Waals surface area contributed by atoms with Crippen molar-refractivity contribution in [1.29, 1.82) is 0 Å². The number of benzene rings is 2. The van der Waals surface area contributed by atoms with E-state index in [0.29, 0.717) is 21.3 Å². The van der Waals surface area contributed by atoms with E-state index in [2.05, 4.69) is 14.9 Å². The smallest absolute Gasteiger partial charge is 0.339 e. The lowest BCUT2D eigenvalue weighted by Crippen LogP contribution is -2.15. The van der Waals surface area contributed by atoms with Crippen LogP contribution in [0.25, 0.3) is 11.3 Å². The van der Waals surface area contributed by atoms with E-state index in [1.54, 1.807) is 48.5 Å². The monoisotopic (exact) mass is 373 g/mol. The summed E-state index contributed by atoms with van der Waals surface area (Å²) in [7, 11) is 1.28. The van der Waals surface area contributed by atoms with Gasteiger partial charge in [0.15, 0.2) is 0 Å². The molecule has 0 aliphatic rings. The Morgan fingerprint density at radius 3 is 2.56 bits per heavy atom. The highest BCUT2D eigenvalue weighted by Crippen LogP contribution is 2.26. The Kier molecular flexibility index (Phi) is 5.06. The maximum Gasteiger partial charge on any atom is 0.339 e. The van der Waals surface area contributed by atoms with Crippen LogP contribution in [0.4, 0.5) is 5.69 Å². The van der Waals surface area contributed by atoms with E-state index in [1.807, 2.05) is 0 Å². The number of hydrogen-bond donors (Lipinski definition) is 1. The number of nitrogens with one attached hydrogen (secondary N) is 1. The van der Waals surface area contributed by atoms with Crippen LogP contribution >= 0.6 is 23.1 Å². The predicted molar refractivity (Wildman–Crippen MR) is 96.1 cm³/mol. The lowest BCUT2D eigenvalue weighted by molar-refractivity contribution is 0.0602. The number of aromatic nitrogens is 2. The predicted octanol–water partition coefficient (Wildman–Crippen LogP) is 3.90. The molecule has 0 aliphatic carbocycles. The van der Waals surface area contributed by atoms with Crippen molar-refractivity contribution in [2.45, 2.75) is 0 Å². The van der Waals surface area contributed by atoms with Crippen molar-refractivity contribution in [2.75, 3.05) is 12.4 Å². The minimum Gasteiger partial charge on any atom is -0.465 e. The molecule has 0 saturated heterocycles. The molecule has 0 atom stereocenters. The molecule has 6 nitrogen and oxygen atoms in total. The minimum atomic E-state index is -0.531. The van der Waals surface area contributed by atoms with E-state index in [4.69, 9.17) is 16.3 Å². The van der Waals surface area contributed by atoms with Crippen molar-refractivity contribution < 1.29 is 14.3 Å². The van der Waals surface area contributed by atoms with Gasteiger partial charge in [0, 0.05) is 10.6 Å². The number of esters is 1. The van der Waals surface area contributed by atoms with Gasteiger partial charge in [-0.25, -0.2) is 4.79 Å². The van der Waals surface area contributed by atoms with Crippen LogP contribution in [-0.4, -0.2) is 28.6 Å². The third-order valence-electron chi connectivity index (χ3n) is 3.39. The van der Waals surface area contributed by atoms with E-state index in [1.165, 1.54) is 7.11 Å². The van der Waals surface area contributed by atoms with Gasteiger partial charge in [0.05, 0.1) is 18.4 Å². The molecule has 1 amide bonds. The quantitative estimate of drug-likeness (QED) is 0.701. The number of para-hydroxylation sites is 1. The first-order chi connectivity index (χ1) is 12.1. The molecule has 0 radical (unpaired) electrons. The summed E-state index contributed by atoms with van der Waals surface area (Å²) < 4.78 is 8.59. The van der Waals surface area contributed by atoms with Crippen molar-refractivity contribution in [3.05, 3.63) is 64.0 Å². The molecule has 1 N–H and O–H groups in total. The van der Waals surface area contributed by atoms with Gasteiger partial charge in [-0.15, -0.1) is 5.10 Å². The molecule has 0 unspecified atom stereocenters. The number of ether oxygens (including phenoxy) is 1. The van der Waals surface area contributed by atoms with Crippen LogP contribution in [0.2, 0.25) is 5.02 Å². The fraction of sp³-hybridized carbons (Fsp3) is 0.0588. The summed E-state index contributed by atoms with van der Waals surface area (Å²) in [5.74, 6) is -0.937. The van der Waals surface area contributed by atoms with Crippen molar-refractivity contribution in [3.8, 4) is 11.3 Å². The van der Waals surface area contributed by atoms with E-state index >= 15 is 0 Å². The normalized spacial score (nSPS) is 10.3. The maximum absolute atomic E-state index is 12.6. The zero-order valence-electron chi connectivity index (χ0n) is 13.0. The Hall–Kier alpha value is -2.77. The molecule has 0 saturated carbocycles. The summed E-state index contributed by atoms with van der Waals surface area (Å²) in [5.41, 5.74) is 1.80. The first-order valence-electron chi connectivity index (χ1n) is 7.17. The van der Waals surface area contributed by atoms with Gasteiger partial charge in [-0.1, -0.05) is 40.4 Å². The summed E-state index contributed by atoms with van der Waals surface area (Å²) in [6.45, 7) is 0. The molecule has 126 valence electrons. The summed E-state index contributed by atoms with van der Waals surface area (Å²) in [4.78, 5) is 24.8. The fourth-order valence-electron chi connectivity index (χ4n) is 2.20.